The molecule has 3 aromatic rings. The van der Waals surface area contributed by atoms with Crippen molar-refractivity contribution >= 4 is 34.8 Å². The van der Waals surface area contributed by atoms with Crippen LogP contribution in [0.4, 0.5) is 0 Å². The van der Waals surface area contributed by atoms with E-state index in [0.29, 0.717) is 28.1 Å². The van der Waals surface area contributed by atoms with Gasteiger partial charge in [-0.3, -0.25) is 9.59 Å². The standard InChI is InChI=1S/C23H23ClN2O4S/c1-3-30-21(27)13-19(26-22(28)20-14-25-23(29-2)31-20)11-15-7-9-16(10-8-15)17-5-4-6-18(24)12-17/h4-10,12,14,19H,3,11,13H2,1-2H3,(H,26,28). The monoisotopic (exact) mass is 458 g/mol. The Morgan fingerprint density at radius 1 is 1.16 bits per heavy atom. The van der Waals surface area contributed by atoms with E-state index in [0.717, 1.165) is 28.0 Å². The summed E-state index contributed by atoms with van der Waals surface area (Å²) in [7, 11) is 1.50. The summed E-state index contributed by atoms with van der Waals surface area (Å²) in [6.07, 6.45) is 2.02. The van der Waals surface area contributed by atoms with Crippen molar-refractivity contribution in [2.24, 2.45) is 0 Å². The smallest absolute Gasteiger partial charge is 0.307 e. The highest BCUT2D eigenvalue weighted by molar-refractivity contribution is 7.15. The number of halogens is 1. The summed E-state index contributed by atoms with van der Waals surface area (Å²) in [6.45, 7) is 2.05. The normalized spacial score (nSPS) is 11.6. The number of nitrogens with zero attached hydrogens (tertiary/aromatic N) is 1. The fraction of sp³-hybridized carbons (Fsp3) is 0.261. The second-order valence-corrected chi connectivity index (χ2v) is 8.22. The summed E-state index contributed by atoms with van der Waals surface area (Å²) in [5, 5.41) is 4.01. The molecule has 31 heavy (non-hydrogen) atoms. The number of aromatic nitrogens is 1. The Bertz CT molecular complexity index is 1040. The highest BCUT2D eigenvalue weighted by atomic mass is 35.5. The molecule has 0 saturated carbocycles. The van der Waals surface area contributed by atoms with Gasteiger partial charge in [0.25, 0.3) is 11.1 Å². The zero-order chi connectivity index (χ0) is 22.2. The van der Waals surface area contributed by atoms with Crippen LogP contribution in [0, 0.1) is 0 Å². The molecule has 0 radical (unpaired) electrons. The lowest BCUT2D eigenvalue weighted by molar-refractivity contribution is -0.143. The summed E-state index contributed by atoms with van der Waals surface area (Å²) < 4.78 is 10.1. The fourth-order valence-electron chi connectivity index (χ4n) is 3.10. The molecule has 0 fully saturated rings. The molecule has 162 valence electrons. The van der Waals surface area contributed by atoms with E-state index in [1.165, 1.54) is 13.3 Å². The predicted molar refractivity (Wildman–Crippen MR) is 122 cm³/mol. The molecule has 1 heterocycles. The number of carbonyl (C=O) groups excluding carboxylic acids is 2. The lowest BCUT2D eigenvalue weighted by atomic mass is 9.99. The van der Waals surface area contributed by atoms with Gasteiger partial charge in [-0.25, -0.2) is 4.98 Å². The van der Waals surface area contributed by atoms with Gasteiger partial charge in [-0.1, -0.05) is 59.3 Å². The number of ether oxygens (including phenoxy) is 2. The molecular weight excluding hydrogens is 436 g/mol. The fourth-order valence-corrected chi connectivity index (χ4v) is 3.92. The zero-order valence-corrected chi connectivity index (χ0v) is 18.8. The number of benzene rings is 2. The Labute approximate surface area is 190 Å². The number of thiazole rings is 1. The third-order valence-electron chi connectivity index (χ3n) is 4.53. The summed E-state index contributed by atoms with van der Waals surface area (Å²) in [5.74, 6) is -0.657. The number of hydrogen-bond acceptors (Lipinski definition) is 6. The number of methoxy groups -OCH3 is 1. The SMILES string of the molecule is CCOC(=O)CC(Cc1ccc(-c2cccc(Cl)c2)cc1)NC(=O)c1cnc(OC)s1. The molecule has 3 rings (SSSR count). The molecule has 1 N–H and O–H groups in total. The number of carbonyl (C=O) groups is 2. The van der Waals surface area contributed by atoms with Gasteiger partial charge >= 0.3 is 5.97 Å². The number of hydrogen-bond donors (Lipinski definition) is 1. The topological polar surface area (TPSA) is 77.5 Å². The number of nitrogens with one attached hydrogen (secondary N) is 1. The molecule has 1 amide bonds. The van der Waals surface area contributed by atoms with E-state index in [4.69, 9.17) is 21.1 Å². The first-order valence-electron chi connectivity index (χ1n) is 9.79. The van der Waals surface area contributed by atoms with Gasteiger partial charge in [0, 0.05) is 11.1 Å². The number of rotatable bonds is 9. The second kappa shape index (κ2) is 10.9. The summed E-state index contributed by atoms with van der Waals surface area (Å²) in [6, 6.07) is 15.2. The van der Waals surface area contributed by atoms with Gasteiger partial charge in [0.2, 0.25) is 0 Å². The molecule has 8 heteroatoms. The van der Waals surface area contributed by atoms with Gasteiger partial charge in [0.15, 0.2) is 0 Å². The Hall–Kier alpha value is -2.90. The van der Waals surface area contributed by atoms with Crippen molar-refractivity contribution in [2.75, 3.05) is 13.7 Å². The molecular formula is C23H23ClN2O4S. The maximum Gasteiger partial charge on any atom is 0.307 e. The predicted octanol–water partition coefficient (Wildman–Crippen LogP) is 4.77. The maximum atomic E-state index is 12.6. The molecule has 0 aliphatic heterocycles. The summed E-state index contributed by atoms with van der Waals surface area (Å²) in [4.78, 5) is 29.1. The van der Waals surface area contributed by atoms with Gasteiger partial charge in [0.1, 0.15) is 4.88 Å². The largest absolute Gasteiger partial charge is 0.473 e. The third-order valence-corrected chi connectivity index (χ3v) is 5.72. The van der Waals surface area contributed by atoms with Crippen LogP contribution in [0.25, 0.3) is 11.1 Å². The highest BCUT2D eigenvalue weighted by Gasteiger charge is 2.20. The zero-order valence-electron chi connectivity index (χ0n) is 17.3. The van der Waals surface area contributed by atoms with Crippen LogP contribution in [0.5, 0.6) is 5.19 Å². The van der Waals surface area contributed by atoms with Crippen molar-refractivity contribution in [2.45, 2.75) is 25.8 Å². The molecule has 0 bridgehead atoms. The minimum Gasteiger partial charge on any atom is -0.473 e. The van der Waals surface area contributed by atoms with Crippen LogP contribution < -0.4 is 10.1 Å². The van der Waals surface area contributed by atoms with Gasteiger partial charge in [-0.05, 0) is 42.2 Å². The first kappa shape index (κ1) is 22.8. The van der Waals surface area contributed by atoms with Crippen LogP contribution in [0.3, 0.4) is 0 Å². The van der Waals surface area contributed by atoms with Gasteiger partial charge in [-0.15, -0.1) is 0 Å². The Balaban J connectivity index is 1.72. The molecule has 1 unspecified atom stereocenters. The average molecular weight is 459 g/mol. The summed E-state index contributed by atoms with van der Waals surface area (Å²) >= 11 is 7.23. The molecule has 0 spiro atoms. The lowest BCUT2D eigenvalue weighted by Crippen LogP contribution is -2.38. The van der Waals surface area contributed by atoms with Crippen molar-refractivity contribution in [3.8, 4) is 16.3 Å². The van der Waals surface area contributed by atoms with Crippen molar-refractivity contribution in [3.05, 3.63) is 70.2 Å². The highest BCUT2D eigenvalue weighted by Crippen LogP contribution is 2.24. The van der Waals surface area contributed by atoms with E-state index in [1.807, 2.05) is 48.5 Å². The number of esters is 1. The van der Waals surface area contributed by atoms with Crippen LogP contribution in [-0.2, 0) is 16.0 Å². The first-order valence-corrected chi connectivity index (χ1v) is 11.0. The molecule has 1 atom stereocenters. The quantitative estimate of drug-likeness (QED) is 0.467. The van der Waals surface area contributed by atoms with Crippen LogP contribution in [0.15, 0.2) is 54.7 Å². The van der Waals surface area contributed by atoms with Crippen LogP contribution in [-0.4, -0.2) is 36.6 Å². The van der Waals surface area contributed by atoms with Crippen LogP contribution >= 0.6 is 22.9 Å². The van der Waals surface area contributed by atoms with E-state index in [2.05, 4.69) is 10.3 Å². The maximum absolute atomic E-state index is 12.6. The molecule has 1 aromatic heterocycles. The van der Waals surface area contributed by atoms with Crippen molar-refractivity contribution in [1.82, 2.24) is 10.3 Å². The van der Waals surface area contributed by atoms with Crippen molar-refractivity contribution in [1.29, 1.82) is 0 Å². The molecule has 0 saturated heterocycles. The second-order valence-electron chi connectivity index (χ2n) is 6.79. The number of amides is 1. The van der Waals surface area contributed by atoms with E-state index in [-0.39, 0.29) is 18.3 Å². The Morgan fingerprint density at radius 2 is 1.94 bits per heavy atom. The Morgan fingerprint density at radius 3 is 2.58 bits per heavy atom. The minimum atomic E-state index is -0.420. The molecule has 0 aliphatic carbocycles. The van der Waals surface area contributed by atoms with Gasteiger partial charge in [-0.2, -0.15) is 0 Å². The van der Waals surface area contributed by atoms with Gasteiger partial charge in [0.05, 0.1) is 26.3 Å². The molecule has 2 aromatic carbocycles. The Kier molecular flexibility index (Phi) is 8.03. The van der Waals surface area contributed by atoms with E-state index >= 15 is 0 Å². The summed E-state index contributed by atoms with van der Waals surface area (Å²) in [5.41, 5.74) is 3.05. The van der Waals surface area contributed by atoms with Crippen molar-refractivity contribution in [3.63, 3.8) is 0 Å². The third kappa shape index (κ3) is 6.54. The van der Waals surface area contributed by atoms with Gasteiger partial charge < -0.3 is 14.8 Å². The van der Waals surface area contributed by atoms with Crippen molar-refractivity contribution < 1.29 is 19.1 Å². The minimum absolute atomic E-state index is 0.0750. The lowest BCUT2D eigenvalue weighted by Gasteiger charge is -2.18. The first-order chi connectivity index (χ1) is 15.0. The van der Waals surface area contributed by atoms with Crippen LogP contribution in [0.2, 0.25) is 5.02 Å². The molecule has 0 aliphatic rings. The van der Waals surface area contributed by atoms with E-state index in [9.17, 15) is 9.59 Å². The average Bonchev–Trinajstić information content (AvgIpc) is 3.24. The molecule has 6 nitrogen and oxygen atoms in total. The van der Waals surface area contributed by atoms with E-state index in [1.54, 1.807) is 6.92 Å². The van der Waals surface area contributed by atoms with Crippen LogP contribution in [0.1, 0.15) is 28.6 Å². The van der Waals surface area contributed by atoms with E-state index < -0.39 is 6.04 Å².